The second-order valence-electron chi connectivity index (χ2n) is 3.04. The number of fused-ring (bicyclic) bond motifs is 1. The van der Waals surface area contributed by atoms with E-state index in [4.69, 9.17) is 58.0 Å². The molecule has 0 radical (unpaired) electrons. The summed E-state index contributed by atoms with van der Waals surface area (Å²) in [6, 6.07) is 2.92. The van der Waals surface area contributed by atoms with Crippen molar-refractivity contribution < 1.29 is 4.39 Å². The molecule has 84 valence electrons. The van der Waals surface area contributed by atoms with Gasteiger partial charge in [0.2, 0.25) is 0 Å². The molecule has 0 aliphatic rings. The fraction of sp³-hybridized carbons (Fsp3) is 0. The van der Waals surface area contributed by atoms with Gasteiger partial charge in [-0.15, -0.1) is 0 Å². The lowest BCUT2D eigenvalue weighted by Crippen LogP contribution is -1.87. The van der Waals surface area contributed by atoms with Gasteiger partial charge < -0.3 is 0 Å². The Labute approximate surface area is 116 Å². The highest BCUT2D eigenvalue weighted by Gasteiger charge is 2.19. The Kier molecular flexibility index (Phi) is 3.44. The molecule has 0 aromatic heterocycles. The van der Waals surface area contributed by atoms with Crippen molar-refractivity contribution in [1.29, 1.82) is 0 Å². The van der Waals surface area contributed by atoms with Crippen molar-refractivity contribution in [2.24, 2.45) is 0 Å². The summed E-state index contributed by atoms with van der Waals surface area (Å²) < 4.78 is 13.8. The largest absolute Gasteiger partial charge is 0.205 e. The zero-order valence-electron chi connectivity index (χ0n) is 7.42. The smallest absolute Gasteiger partial charge is 0.151 e. The molecule has 0 saturated heterocycles. The van der Waals surface area contributed by atoms with Crippen LogP contribution in [0.15, 0.2) is 12.1 Å². The first-order valence-electron chi connectivity index (χ1n) is 4.04. The minimum atomic E-state index is -0.662. The highest BCUT2D eigenvalue weighted by molar-refractivity contribution is 6.53. The van der Waals surface area contributed by atoms with Gasteiger partial charge in [-0.25, -0.2) is 4.39 Å². The topological polar surface area (TPSA) is 0 Å². The number of hydrogen-bond acceptors (Lipinski definition) is 0. The van der Waals surface area contributed by atoms with Crippen molar-refractivity contribution in [3.63, 3.8) is 0 Å². The van der Waals surface area contributed by atoms with Crippen LogP contribution in [0.5, 0.6) is 0 Å². The molecule has 0 unspecified atom stereocenters. The molecule has 0 atom stereocenters. The molecule has 16 heavy (non-hydrogen) atoms. The van der Waals surface area contributed by atoms with Crippen LogP contribution in [0, 0.1) is 5.82 Å². The Morgan fingerprint density at radius 1 is 0.750 bits per heavy atom. The molecular weight excluding hydrogens is 316 g/mol. The third-order valence-electron chi connectivity index (χ3n) is 2.13. The Hall–Kier alpha value is 0.0800. The molecule has 0 fully saturated rings. The molecule has 0 N–H and O–H groups in total. The molecule has 0 heterocycles. The maximum Gasteiger partial charge on any atom is 0.151 e. The second-order valence-corrected chi connectivity index (χ2v) is 4.96. The quantitative estimate of drug-likeness (QED) is 0.398. The van der Waals surface area contributed by atoms with E-state index in [1.165, 1.54) is 12.1 Å². The first kappa shape index (κ1) is 12.5. The summed E-state index contributed by atoms with van der Waals surface area (Å²) in [6.45, 7) is 0. The lowest BCUT2D eigenvalue weighted by Gasteiger charge is -2.09. The Morgan fingerprint density at radius 2 is 1.38 bits per heavy atom. The standard InChI is InChI=1S/C10H2Cl5F/c11-4-2-1-3-5(6(4)12)7(13)8(14)9(15)10(3)16/h1-2H. The predicted octanol–water partition coefficient (Wildman–Crippen LogP) is 6.25. The molecule has 0 saturated carbocycles. The maximum atomic E-state index is 13.8. The van der Waals surface area contributed by atoms with E-state index < -0.39 is 5.82 Å². The van der Waals surface area contributed by atoms with E-state index in [1.807, 2.05) is 0 Å². The molecule has 0 nitrogen and oxygen atoms in total. The van der Waals surface area contributed by atoms with Gasteiger partial charge in [0.05, 0.1) is 25.1 Å². The number of benzene rings is 2. The fourth-order valence-electron chi connectivity index (χ4n) is 1.37. The summed E-state index contributed by atoms with van der Waals surface area (Å²) in [5.41, 5.74) is 0. The van der Waals surface area contributed by atoms with Gasteiger partial charge in [0.15, 0.2) is 5.82 Å². The number of halogens is 6. The molecule has 2 aromatic rings. The predicted molar refractivity (Wildman–Crippen MR) is 69.0 cm³/mol. The third kappa shape index (κ3) is 1.75. The highest BCUT2D eigenvalue weighted by atomic mass is 35.5. The van der Waals surface area contributed by atoms with Gasteiger partial charge in [-0.2, -0.15) is 0 Å². The van der Waals surface area contributed by atoms with E-state index in [-0.39, 0.29) is 35.9 Å². The molecular formula is C10H2Cl5F. The molecule has 0 spiro atoms. The van der Waals surface area contributed by atoms with Crippen LogP contribution in [0.25, 0.3) is 10.8 Å². The van der Waals surface area contributed by atoms with E-state index >= 15 is 0 Å². The highest BCUT2D eigenvalue weighted by Crippen LogP contribution is 2.43. The van der Waals surface area contributed by atoms with Crippen LogP contribution in [-0.2, 0) is 0 Å². The van der Waals surface area contributed by atoms with Gasteiger partial charge in [-0.1, -0.05) is 58.0 Å². The molecule has 6 heteroatoms. The van der Waals surface area contributed by atoms with Gasteiger partial charge in [-0.05, 0) is 12.1 Å². The van der Waals surface area contributed by atoms with E-state index in [0.717, 1.165) is 0 Å². The lowest BCUT2D eigenvalue weighted by molar-refractivity contribution is 0.640. The van der Waals surface area contributed by atoms with E-state index in [2.05, 4.69) is 0 Å². The van der Waals surface area contributed by atoms with Crippen LogP contribution in [0.2, 0.25) is 25.1 Å². The van der Waals surface area contributed by atoms with Crippen molar-refractivity contribution in [3.05, 3.63) is 43.1 Å². The van der Waals surface area contributed by atoms with Gasteiger partial charge >= 0.3 is 0 Å². The van der Waals surface area contributed by atoms with Crippen molar-refractivity contribution in [2.45, 2.75) is 0 Å². The number of rotatable bonds is 0. The molecule has 0 aliphatic carbocycles. The Morgan fingerprint density at radius 3 is 2.00 bits per heavy atom. The van der Waals surface area contributed by atoms with Crippen molar-refractivity contribution in [3.8, 4) is 0 Å². The van der Waals surface area contributed by atoms with E-state index in [0.29, 0.717) is 0 Å². The average Bonchev–Trinajstić information content (AvgIpc) is 2.27. The summed E-state index contributed by atoms with van der Waals surface area (Å²) in [5.74, 6) is -0.662. The first-order chi connectivity index (χ1) is 7.45. The Bertz CT molecular complexity index is 594. The zero-order valence-corrected chi connectivity index (χ0v) is 11.2. The van der Waals surface area contributed by atoms with Crippen LogP contribution in [0.1, 0.15) is 0 Å². The normalized spacial score (nSPS) is 11.1. The van der Waals surface area contributed by atoms with Crippen molar-refractivity contribution in [2.75, 3.05) is 0 Å². The van der Waals surface area contributed by atoms with Gasteiger partial charge in [0.25, 0.3) is 0 Å². The van der Waals surface area contributed by atoms with Gasteiger partial charge in [-0.3, -0.25) is 0 Å². The summed E-state index contributed by atoms with van der Waals surface area (Å²) in [6.07, 6.45) is 0. The molecule has 2 aromatic carbocycles. The zero-order chi connectivity index (χ0) is 12.0. The summed E-state index contributed by atoms with van der Waals surface area (Å²) in [5, 5.41) is 0.678. The van der Waals surface area contributed by atoms with Gasteiger partial charge in [0.1, 0.15) is 0 Å². The Balaban J connectivity index is 3.09. The molecule has 0 bridgehead atoms. The fourth-order valence-corrected chi connectivity index (χ4v) is 2.55. The first-order valence-corrected chi connectivity index (χ1v) is 5.93. The van der Waals surface area contributed by atoms with Crippen molar-refractivity contribution in [1.82, 2.24) is 0 Å². The lowest BCUT2D eigenvalue weighted by atomic mass is 10.1. The summed E-state index contributed by atoms with van der Waals surface area (Å²) >= 11 is 29.2. The van der Waals surface area contributed by atoms with Gasteiger partial charge in [0, 0.05) is 10.8 Å². The molecule has 2 rings (SSSR count). The summed E-state index contributed by atoms with van der Waals surface area (Å²) in [7, 11) is 0. The molecule has 0 amide bonds. The summed E-state index contributed by atoms with van der Waals surface area (Å²) in [4.78, 5) is 0. The average molecular weight is 318 g/mol. The van der Waals surface area contributed by atoms with Crippen LogP contribution in [0.4, 0.5) is 4.39 Å². The molecule has 0 aliphatic heterocycles. The minimum Gasteiger partial charge on any atom is -0.205 e. The van der Waals surface area contributed by atoms with E-state index in [1.54, 1.807) is 0 Å². The van der Waals surface area contributed by atoms with Crippen LogP contribution in [0.3, 0.4) is 0 Å². The SMILES string of the molecule is Fc1c(Cl)c(Cl)c(Cl)c2c(Cl)c(Cl)ccc12. The van der Waals surface area contributed by atoms with Crippen molar-refractivity contribution >= 4 is 68.8 Å². The third-order valence-corrected chi connectivity index (χ3v) is 4.24. The minimum absolute atomic E-state index is 0.0718. The number of hydrogen-bond donors (Lipinski definition) is 0. The van der Waals surface area contributed by atoms with Crippen LogP contribution in [-0.4, -0.2) is 0 Å². The van der Waals surface area contributed by atoms with Crippen LogP contribution < -0.4 is 0 Å². The van der Waals surface area contributed by atoms with E-state index in [9.17, 15) is 4.39 Å². The van der Waals surface area contributed by atoms with Crippen LogP contribution >= 0.6 is 58.0 Å². The second kappa shape index (κ2) is 4.40. The maximum absolute atomic E-state index is 13.8. The monoisotopic (exact) mass is 316 g/mol.